The minimum Gasteiger partial charge on any atom is -0.354 e. The summed E-state index contributed by atoms with van der Waals surface area (Å²) in [5.74, 6) is 2.68. The summed E-state index contributed by atoms with van der Waals surface area (Å²) in [7, 11) is 3.76. The molecule has 0 aromatic carbocycles. The molecule has 114 valence electrons. The molecule has 0 amide bonds. The molecule has 0 aliphatic heterocycles. The lowest BCUT2D eigenvalue weighted by Crippen LogP contribution is -2.17. The van der Waals surface area contributed by atoms with Crippen LogP contribution < -0.4 is 15.5 Å². The first-order chi connectivity index (χ1) is 10.1. The van der Waals surface area contributed by atoms with Crippen LogP contribution in [0.3, 0.4) is 0 Å². The largest absolute Gasteiger partial charge is 0.354 e. The Hall–Kier alpha value is -2.45. The van der Waals surface area contributed by atoms with E-state index in [1.807, 2.05) is 19.0 Å². The maximum Gasteiger partial charge on any atom is 0.231 e. The molecule has 0 atom stereocenters. The second-order valence-electron chi connectivity index (χ2n) is 4.69. The van der Waals surface area contributed by atoms with Crippen molar-refractivity contribution in [3.8, 4) is 0 Å². The molecule has 2 heterocycles. The first-order valence-electron chi connectivity index (χ1n) is 6.78. The topological polar surface area (TPSA) is 105 Å². The van der Waals surface area contributed by atoms with Crippen LogP contribution in [0.25, 0.3) is 0 Å². The quantitative estimate of drug-likeness (QED) is 0.774. The van der Waals surface area contributed by atoms with Crippen molar-refractivity contribution >= 4 is 17.8 Å². The molecule has 2 aromatic rings. The molecule has 9 nitrogen and oxygen atoms in total. The number of anilines is 3. The van der Waals surface area contributed by atoms with Gasteiger partial charge in [0.05, 0.1) is 6.54 Å². The summed E-state index contributed by atoms with van der Waals surface area (Å²) in [4.78, 5) is 18.9. The van der Waals surface area contributed by atoms with Crippen molar-refractivity contribution in [2.24, 2.45) is 0 Å². The number of nitrogens with zero attached hydrogens (tertiary/aromatic N) is 6. The lowest BCUT2D eigenvalue weighted by atomic mass is 10.5. The number of aryl methyl sites for hydroxylation is 1. The van der Waals surface area contributed by atoms with Gasteiger partial charge in [-0.05, 0) is 6.42 Å². The van der Waals surface area contributed by atoms with Gasteiger partial charge in [-0.2, -0.15) is 19.9 Å². The molecule has 0 saturated heterocycles. The number of aromatic nitrogens is 5. The first-order valence-corrected chi connectivity index (χ1v) is 6.78. The van der Waals surface area contributed by atoms with Crippen molar-refractivity contribution in [3.05, 3.63) is 11.7 Å². The minimum absolute atomic E-state index is 0.390. The van der Waals surface area contributed by atoms with Crippen molar-refractivity contribution in [2.45, 2.75) is 26.8 Å². The third kappa shape index (κ3) is 4.26. The Balaban J connectivity index is 2.11. The highest BCUT2D eigenvalue weighted by atomic mass is 16.5. The first kappa shape index (κ1) is 14.9. The predicted octanol–water partition coefficient (Wildman–Crippen LogP) is 1.06. The lowest BCUT2D eigenvalue weighted by molar-refractivity contribution is 0.388. The summed E-state index contributed by atoms with van der Waals surface area (Å²) in [6.45, 7) is 5.02. The molecule has 2 rings (SSSR count). The van der Waals surface area contributed by atoms with E-state index in [0.29, 0.717) is 36.1 Å². The van der Waals surface area contributed by atoms with E-state index in [4.69, 9.17) is 4.52 Å². The third-order valence-electron chi connectivity index (χ3n) is 2.53. The van der Waals surface area contributed by atoms with Crippen LogP contribution in [0.2, 0.25) is 0 Å². The van der Waals surface area contributed by atoms with Crippen LogP contribution >= 0.6 is 0 Å². The van der Waals surface area contributed by atoms with Gasteiger partial charge in [-0.3, -0.25) is 0 Å². The Morgan fingerprint density at radius 2 is 1.76 bits per heavy atom. The van der Waals surface area contributed by atoms with Crippen molar-refractivity contribution < 1.29 is 4.52 Å². The fourth-order valence-corrected chi connectivity index (χ4v) is 1.53. The average molecular weight is 292 g/mol. The van der Waals surface area contributed by atoms with E-state index in [2.05, 4.69) is 42.6 Å². The zero-order chi connectivity index (χ0) is 15.2. The molecular weight excluding hydrogens is 272 g/mol. The van der Waals surface area contributed by atoms with Gasteiger partial charge in [0.25, 0.3) is 0 Å². The van der Waals surface area contributed by atoms with Gasteiger partial charge < -0.3 is 20.1 Å². The summed E-state index contributed by atoms with van der Waals surface area (Å²) in [5, 5.41) is 10.0. The second kappa shape index (κ2) is 6.82. The Kier molecular flexibility index (Phi) is 4.85. The van der Waals surface area contributed by atoms with Crippen LogP contribution in [0.15, 0.2) is 4.52 Å². The zero-order valence-electron chi connectivity index (χ0n) is 12.7. The molecule has 9 heteroatoms. The van der Waals surface area contributed by atoms with E-state index in [-0.39, 0.29) is 0 Å². The van der Waals surface area contributed by atoms with Crippen LogP contribution in [0.4, 0.5) is 17.8 Å². The maximum absolute atomic E-state index is 4.92. The van der Waals surface area contributed by atoms with E-state index >= 15 is 0 Å². The minimum atomic E-state index is 0.390. The van der Waals surface area contributed by atoms with Gasteiger partial charge in [0.2, 0.25) is 23.7 Å². The highest BCUT2D eigenvalue weighted by Gasteiger charge is 2.09. The Morgan fingerprint density at radius 3 is 2.33 bits per heavy atom. The highest BCUT2D eigenvalue weighted by molar-refractivity contribution is 5.42. The third-order valence-corrected chi connectivity index (χ3v) is 2.53. The lowest BCUT2D eigenvalue weighted by Gasteiger charge is -2.13. The summed E-state index contributed by atoms with van der Waals surface area (Å²) >= 11 is 0. The fraction of sp³-hybridized carbons (Fsp3) is 0.583. The highest BCUT2D eigenvalue weighted by Crippen LogP contribution is 2.12. The van der Waals surface area contributed by atoms with Gasteiger partial charge in [-0.1, -0.05) is 12.1 Å². The van der Waals surface area contributed by atoms with E-state index in [0.717, 1.165) is 13.0 Å². The van der Waals surface area contributed by atoms with Gasteiger partial charge >= 0.3 is 0 Å². The molecule has 0 fully saturated rings. The molecule has 0 unspecified atom stereocenters. The van der Waals surface area contributed by atoms with Crippen LogP contribution in [-0.4, -0.2) is 45.7 Å². The van der Waals surface area contributed by atoms with Crippen molar-refractivity contribution in [3.63, 3.8) is 0 Å². The number of nitrogens with one attached hydrogen (secondary N) is 2. The standard InChI is InChI=1S/C12H20N8O/c1-5-6-13-10-16-11(18-12(17-10)20(3)4)14-7-9-15-8(2)21-19-9/h5-7H2,1-4H3,(H2,13,14,16,17,18). The number of hydrogen-bond acceptors (Lipinski definition) is 9. The molecule has 0 spiro atoms. The van der Waals surface area contributed by atoms with Crippen molar-refractivity contribution in [2.75, 3.05) is 36.2 Å². The van der Waals surface area contributed by atoms with E-state index < -0.39 is 0 Å². The Labute approximate surface area is 123 Å². The van der Waals surface area contributed by atoms with Crippen molar-refractivity contribution in [1.29, 1.82) is 0 Å². The molecule has 0 aliphatic carbocycles. The zero-order valence-corrected chi connectivity index (χ0v) is 12.7. The predicted molar refractivity (Wildman–Crippen MR) is 79.3 cm³/mol. The summed E-state index contributed by atoms with van der Waals surface area (Å²) < 4.78 is 4.92. The number of hydrogen-bond donors (Lipinski definition) is 2. The second-order valence-corrected chi connectivity index (χ2v) is 4.69. The van der Waals surface area contributed by atoms with Gasteiger partial charge in [-0.15, -0.1) is 0 Å². The van der Waals surface area contributed by atoms with Crippen LogP contribution in [-0.2, 0) is 6.54 Å². The molecule has 2 aromatic heterocycles. The monoisotopic (exact) mass is 292 g/mol. The molecule has 0 saturated carbocycles. The SMILES string of the molecule is CCCNc1nc(NCc2noc(C)n2)nc(N(C)C)n1. The van der Waals surface area contributed by atoms with E-state index in [9.17, 15) is 0 Å². The Bertz CT molecular complexity index is 582. The van der Waals surface area contributed by atoms with E-state index in [1.54, 1.807) is 6.92 Å². The van der Waals surface area contributed by atoms with Crippen molar-refractivity contribution in [1.82, 2.24) is 25.1 Å². The molecule has 0 bridgehead atoms. The summed E-state index contributed by atoms with van der Waals surface area (Å²) in [6, 6.07) is 0. The summed E-state index contributed by atoms with van der Waals surface area (Å²) in [6.07, 6.45) is 0.994. The molecular formula is C12H20N8O. The average Bonchev–Trinajstić information content (AvgIpc) is 2.88. The maximum atomic E-state index is 4.92. The van der Waals surface area contributed by atoms with Crippen LogP contribution in [0, 0.1) is 6.92 Å². The van der Waals surface area contributed by atoms with Gasteiger partial charge in [0.1, 0.15) is 0 Å². The van der Waals surface area contributed by atoms with E-state index in [1.165, 1.54) is 0 Å². The summed E-state index contributed by atoms with van der Waals surface area (Å²) in [5.41, 5.74) is 0. The Morgan fingerprint density at radius 1 is 1.05 bits per heavy atom. The fourth-order valence-electron chi connectivity index (χ4n) is 1.53. The smallest absolute Gasteiger partial charge is 0.231 e. The molecule has 0 radical (unpaired) electrons. The van der Waals surface area contributed by atoms with Gasteiger partial charge in [-0.25, -0.2) is 0 Å². The molecule has 0 aliphatic rings. The van der Waals surface area contributed by atoms with Gasteiger partial charge in [0, 0.05) is 27.6 Å². The molecule has 2 N–H and O–H groups in total. The van der Waals surface area contributed by atoms with Crippen LogP contribution in [0.1, 0.15) is 25.1 Å². The normalized spacial score (nSPS) is 10.5. The van der Waals surface area contributed by atoms with Crippen LogP contribution in [0.5, 0.6) is 0 Å². The number of rotatable bonds is 7. The van der Waals surface area contributed by atoms with Gasteiger partial charge in [0.15, 0.2) is 5.82 Å². The molecule has 21 heavy (non-hydrogen) atoms.